The summed E-state index contributed by atoms with van der Waals surface area (Å²) in [5.41, 5.74) is 0.0863. The van der Waals surface area contributed by atoms with Gasteiger partial charge in [0.25, 0.3) is 0 Å². The molecule has 1 heterocycles. The number of benzene rings is 1. The highest BCUT2D eigenvalue weighted by atomic mass is 19.1. The van der Waals surface area contributed by atoms with Crippen LogP contribution in [-0.4, -0.2) is 41.5 Å². The van der Waals surface area contributed by atoms with Gasteiger partial charge in [-0.1, -0.05) is 6.42 Å². The van der Waals surface area contributed by atoms with Crippen LogP contribution in [-0.2, 0) is 0 Å². The van der Waals surface area contributed by atoms with E-state index in [0.717, 1.165) is 44.0 Å². The Morgan fingerprint density at radius 1 is 1.24 bits per heavy atom. The maximum absolute atomic E-state index is 13.1. The van der Waals surface area contributed by atoms with Crippen molar-refractivity contribution in [2.45, 2.75) is 38.1 Å². The lowest BCUT2D eigenvalue weighted by molar-refractivity contribution is 0.0896. The maximum Gasteiger partial charge on any atom is 0.164 e. The third kappa shape index (κ3) is 4.58. The fourth-order valence-corrected chi connectivity index (χ4v) is 2.93. The normalized spacial score (nSPS) is 19.7. The fraction of sp³-hybridized carbons (Fsp3) is 0.562. The highest BCUT2D eigenvalue weighted by Gasteiger charge is 2.22. The number of rotatable bonds is 6. The Labute approximate surface area is 123 Å². The van der Waals surface area contributed by atoms with E-state index in [1.54, 1.807) is 0 Å². The number of hydrogen-bond acceptors (Lipinski definition) is 3. The molecule has 5 heteroatoms. The molecule has 1 aromatic carbocycles. The Balaban J connectivity index is 1.93. The van der Waals surface area contributed by atoms with Crippen molar-refractivity contribution in [3.8, 4) is 0 Å². The van der Waals surface area contributed by atoms with Gasteiger partial charge in [0.2, 0.25) is 0 Å². The second-order valence-electron chi connectivity index (χ2n) is 5.53. The molecule has 1 unspecified atom stereocenters. The smallest absolute Gasteiger partial charge is 0.164 e. The lowest BCUT2D eigenvalue weighted by Crippen LogP contribution is -2.41. The number of ketones is 1. The highest BCUT2D eigenvalue weighted by molar-refractivity contribution is 5.96. The van der Waals surface area contributed by atoms with Crippen LogP contribution in [0.5, 0.6) is 0 Å². The van der Waals surface area contributed by atoms with E-state index in [1.807, 2.05) is 0 Å². The van der Waals surface area contributed by atoms with E-state index in [-0.39, 0.29) is 24.4 Å². The first-order chi connectivity index (χ1) is 10.1. The molecule has 1 aliphatic heterocycles. The van der Waals surface area contributed by atoms with Gasteiger partial charge in [0.1, 0.15) is 11.6 Å². The molecule has 21 heavy (non-hydrogen) atoms. The number of carbonyl (C=O) groups is 1. The predicted octanol–water partition coefficient (Wildman–Crippen LogP) is 2.77. The zero-order valence-corrected chi connectivity index (χ0v) is 12.0. The van der Waals surface area contributed by atoms with Gasteiger partial charge in [0.05, 0.1) is 0 Å². The largest absolute Gasteiger partial charge is 0.396 e. The van der Waals surface area contributed by atoms with Gasteiger partial charge in [-0.15, -0.1) is 0 Å². The molecule has 0 spiro atoms. The number of nitrogens with zero attached hydrogens (tertiary/aromatic N) is 1. The van der Waals surface area contributed by atoms with E-state index in [4.69, 9.17) is 5.11 Å². The van der Waals surface area contributed by atoms with Crippen molar-refractivity contribution >= 4 is 5.78 Å². The van der Waals surface area contributed by atoms with E-state index < -0.39 is 11.6 Å². The SMILES string of the molecule is O=C(CCN1CCCCC1CCO)c1cc(F)cc(F)c1. The first-order valence-electron chi connectivity index (χ1n) is 7.44. The predicted molar refractivity (Wildman–Crippen MR) is 76.2 cm³/mol. The van der Waals surface area contributed by atoms with Crippen LogP contribution in [0.1, 0.15) is 42.5 Å². The molecule has 2 rings (SSSR count). The second-order valence-corrected chi connectivity index (χ2v) is 5.53. The average Bonchev–Trinajstić information content (AvgIpc) is 2.45. The van der Waals surface area contributed by atoms with Gasteiger partial charge in [-0.2, -0.15) is 0 Å². The van der Waals surface area contributed by atoms with Gasteiger partial charge in [0, 0.05) is 37.2 Å². The molecule has 0 aliphatic carbocycles. The van der Waals surface area contributed by atoms with E-state index in [0.29, 0.717) is 19.0 Å². The molecule has 1 aliphatic rings. The van der Waals surface area contributed by atoms with E-state index in [2.05, 4.69) is 4.90 Å². The minimum atomic E-state index is -0.727. The van der Waals surface area contributed by atoms with Crippen molar-refractivity contribution in [1.29, 1.82) is 0 Å². The lowest BCUT2D eigenvalue weighted by atomic mass is 9.98. The first-order valence-corrected chi connectivity index (χ1v) is 7.44. The number of halogens is 2. The molecule has 1 atom stereocenters. The molecule has 0 saturated carbocycles. The molecule has 0 amide bonds. The summed E-state index contributed by atoms with van der Waals surface area (Å²) in [5.74, 6) is -1.70. The summed E-state index contributed by atoms with van der Waals surface area (Å²) >= 11 is 0. The second kappa shape index (κ2) is 7.61. The lowest BCUT2D eigenvalue weighted by Gasteiger charge is -2.35. The molecule has 1 saturated heterocycles. The Morgan fingerprint density at radius 3 is 2.62 bits per heavy atom. The fourth-order valence-electron chi connectivity index (χ4n) is 2.93. The van der Waals surface area contributed by atoms with Gasteiger partial charge in [-0.25, -0.2) is 8.78 Å². The van der Waals surface area contributed by atoms with Gasteiger partial charge >= 0.3 is 0 Å². The van der Waals surface area contributed by atoms with Crippen LogP contribution in [0, 0.1) is 11.6 Å². The number of piperidine rings is 1. The van der Waals surface area contributed by atoms with Crippen molar-refractivity contribution in [2.24, 2.45) is 0 Å². The Morgan fingerprint density at radius 2 is 1.95 bits per heavy atom. The van der Waals surface area contributed by atoms with Crippen LogP contribution in [0.3, 0.4) is 0 Å². The molecule has 0 radical (unpaired) electrons. The summed E-state index contributed by atoms with van der Waals surface area (Å²) in [6.45, 7) is 1.63. The first kappa shape index (κ1) is 16.0. The molecule has 0 bridgehead atoms. The molecule has 1 N–H and O–H groups in total. The van der Waals surface area contributed by atoms with Crippen LogP contribution in [0.15, 0.2) is 18.2 Å². The molecule has 0 aromatic heterocycles. The van der Waals surface area contributed by atoms with Crippen LogP contribution in [0.4, 0.5) is 8.78 Å². The zero-order valence-electron chi connectivity index (χ0n) is 12.0. The Bertz CT molecular complexity index is 471. The highest BCUT2D eigenvalue weighted by Crippen LogP contribution is 2.20. The summed E-state index contributed by atoms with van der Waals surface area (Å²) in [6, 6.07) is 3.22. The molecular formula is C16H21F2NO2. The quantitative estimate of drug-likeness (QED) is 0.821. The molecule has 3 nitrogen and oxygen atoms in total. The molecule has 1 aromatic rings. The topological polar surface area (TPSA) is 40.5 Å². The molecular weight excluding hydrogens is 276 g/mol. The van der Waals surface area contributed by atoms with Gasteiger partial charge in [-0.3, -0.25) is 9.69 Å². The van der Waals surface area contributed by atoms with Crippen molar-refractivity contribution in [2.75, 3.05) is 19.7 Å². The minimum Gasteiger partial charge on any atom is -0.396 e. The van der Waals surface area contributed by atoms with Crippen molar-refractivity contribution in [1.82, 2.24) is 4.90 Å². The van der Waals surface area contributed by atoms with Crippen LogP contribution in [0.2, 0.25) is 0 Å². The average molecular weight is 297 g/mol. The number of carbonyl (C=O) groups excluding carboxylic acids is 1. The van der Waals surface area contributed by atoms with Gasteiger partial charge < -0.3 is 5.11 Å². The third-order valence-corrected chi connectivity index (χ3v) is 4.02. The maximum atomic E-state index is 13.1. The van der Waals surface area contributed by atoms with Crippen molar-refractivity contribution < 1.29 is 18.7 Å². The minimum absolute atomic E-state index is 0.0863. The number of likely N-dealkylation sites (tertiary alicyclic amines) is 1. The Hall–Kier alpha value is -1.33. The summed E-state index contributed by atoms with van der Waals surface area (Å²) in [5, 5.41) is 9.08. The molecule has 1 fully saturated rings. The summed E-state index contributed by atoms with van der Waals surface area (Å²) in [6.07, 6.45) is 4.21. The van der Waals surface area contributed by atoms with Crippen LogP contribution >= 0.6 is 0 Å². The van der Waals surface area contributed by atoms with Gasteiger partial charge in [-0.05, 0) is 37.9 Å². The summed E-state index contributed by atoms with van der Waals surface area (Å²) in [4.78, 5) is 14.2. The Kier molecular flexibility index (Phi) is 5.82. The number of aliphatic hydroxyl groups excluding tert-OH is 1. The zero-order chi connectivity index (χ0) is 15.2. The van der Waals surface area contributed by atoms with Crippen LogP contribution in [0.25, 0.3) is 0 Å². The van der Waals surface area contributed by atoms with Crippen LogP contribution < -0.4 is 0 Å². The van der Waals surface area contributed by atoms with E-state index in [1.165, 1.54) is 0 Å². The summed E-state index contributed by atoms with van der Waals surface area (Å²) in [7, 11) is 0. The summed E-state index contributed by atoms with van der Waals surface area (Å²) < 4.78 is 26.2. The number of aliphatic hydroxyl groups is 1. The number of Topliss-reactive ketones (excluding diaryl/α,β-unsaturated/α-hetero) is 1. The number of hydrogen-bond donors (Lipinski definition) is 1. The van der Waals surface area contributed by atoms with Crippen molar-refractivity contribution in [3.05, 3.63) is 35.4 Å². The van der Waals surface area contributed by atoms with Crippen molar-refractivity contribution in [3.63, 3.8) is 0 Å². The standard InChI is InChI=1S/C16H21F2NO2/c17-13-9-12(10-14(18)11-13)16(21)4-7-19-6-2-1-3-15(19)5-8-20/h9-11,15,20H,1-8H2. The van der Waals surface area contributed by atoms with E-state index in [9.17, 15) is 13.6 Å². The van der Waals surface area contributed by atoms with Gasteiger partial charge in [0.15, 0.2) is 5.78 Å². The third-order valence-electron chi connectivity index (χ3n) is 4.02. The molecule has 116 valence electrons. The van der Waals surface area contributed by atoms with E-state index >= 15 is 0 Å². The monoisotopic (exact) mass is 297 g/mol.